The van der Waals surface area contributed by atoms with Crippen LogP contribution in [0.3, 0.4) is 0 Å². The number of piperidine rings is 1. The molecule has 6 nitrogen and oxygen atoms in total. The lowest BCUT2D eigenvalue weighted by molar-refractivity contribution is -0.126. The van der Waals surface area contributed by atoms with Crippen LogP contribution < -0.4 is 10.1 Å². The second-order valence-corrected chi connectivity index (χ2v) is 6.27. The van der Waals surface area contributed by atoms with E-state index in [1.165, 1.54) is 12.0 Å². The van der Waals surface area contributed by atoms with Gasteiger partial charge in [-0.05, 0) is 30.5 Å². The molecule has 3 amide bonds. The first-order chi connectivity index (χ1) is 11.8. The van der Waals surface area contributed by atoms with Gasteiger partial charge in [-0.15, -0.1) is 0 Å². The summed E-state index contributed by atoms with van der Waals surface area (Å²) in [4.78, 5) is 27.4. The van der Waals surface area contributed by atoms with Gasteiger partial charge in [0.2, 0.25) is 5.91 Å². The zero-order valence-corrected chi connectivity index (χ0v) is 14.6. The quantitative estimate of drug-likeness (QED) is 0.898. The van der Waals surface area contributed by atoms with Crippen LogP contribution >= 0.6 is 0 Å². The highest BCUT2D eigenvalue weighted by molar-refractivity contribution is 5.80. The van der Waals surface area contributed by atoms with E-state index >= 15 is 0 Å². The van der Waals surface area contributed by atoms with Gasteiger partial charge in [-0.2, -0.15) is 0 Å². The maximum atomic E-state index is 13.7. The summed E-state index contributed by atoms with van der Waals surface area (Å²) in [5, 5.41) is 2.68. The number of nitrogens with zero attached hydrogens (tertiary/aromatic N) is 2. The summed E-state index contributed by atoms with van der Waals surface area (Å²) in [6, 6.07) is 2.13. The molecule has 8 heteroatoms. The molecule has 1 fully saturated rings. The summed E-state index contributed by atoms with van der Waals surface area (Å²) in [6.45, 7) is 0.971. The average molecular weight is 355 g/mol. The molecule has 1 heterocycles. The molecule has 0 aliphatic carbocycles. The molecule has 1 N–H and O–H groups in total. The van der Waals surface area contributed by atoms with Crippen molar-refractivity contribution in [2.24, 2.45) is 5.92 Å². The molecule has 1 aliphatic rings. The van der Waals surface area contributed by atoms with Gasteiger partial charge in [0.15, 0.2) is 17.4 Å². The van der Waals surface area contributed by atoms with E-state index in [1.54, 1.807) is 19.0 Å². The number of halogens is 2. The lowest BCUT2D eigenvalue weighted by Gasteiger charge is -2.33. The minimum Gasteiger partial charge on any atom is -0.491 e. The summed E-state index contributed by atoms with van der Waals surface area (Å²) >= 11 is 0. The molecular formula is C17H23F2N3O3. The Hall–Kier alpha value is -2.38. The molecule has 138 valence electrons. The summed E-state index contributed by atoms with van der Waals surface area (Å²) < 4.78 is 32.0. The van der Waals surface area contributed by atoms with Gasteiger partial charge >= 0.3 is 6.03 Å². The molecule has 0 aromatic heterocycles. The van der Waals surface area contributed by atoms with Gasteiger partial charge in [-0.1, -0.05) is 0 Å². The molecule has 25 heavy (non-hydrogen) atoms. The zero-order valence-electron chi connectivity index (χ0n) is 14.6. The second kappa shape index (κ2) is 8.13. The molecule has 1 atom stereocenters. The van der Waals surface area contributed by atoms with Crippen molar-refractivity contribution in [3.8, 4) is 5.75 Å². The second-order valence-electron chi connectivity index (χ2n) is 6.27. The van der Waals surface area contributed by atoms with E-state index in [-0.39, 0.29) is 24.4 Å². The number of nitrogens with one attached hydrogen (secondary N) is 1. The number of hydrogen-bond acceptors (Lipinski definition) is 3. The maximum Gasteiger partial charge on any atom is 0.319 e. The lowest BCUT2D eigenvalue weighted by atomic mass is 9.97. The molecule has 0 spiro atoms. The predicted octanol–water partition coefficient (Wildman–Crippen LogP) is 1.98. The summed E-state index contributed by atoms with van der Waals surface area (Å²) in [5.74, 6) is -2.63. The van der Waals surface area contributed by atoms with Crippen LogP contribution in [0.1, 0.15) is 18.4 Å². The van der Waals surface area contributed by atoms with Crippen molar-refractivity contribution >= 4 is 11.9 Å². The van der Waals surface area contributed by atoms with Crippen molar-refractivity contribution in [1.82, 2.24) is 15.1 Å². The molecule has 1 aliphatic heterocycles. The number of benzene rings is 1. The molecular weight excluding hydrogens is 332 g/mol. The number of methoxy groups -OCH3 is 1. The van der Waals surface area contributed by atoms with Crippen LogP contribution in [0.25, 0.3) is 0 Å². The van der Waals surface area contributed by atoms with Gasteiger partial charge in [0, 0.05) is 33.7 Å². The highest BCUT2D eigenvalue weighted by Gasteiger charge is 2.29. The maximum absolute atomic E-state index is 13.7. The van der Waals surface area contributed by atoms with Gasteiger partial charge in [-0.3, -0.25) is 4.79 Å². The van der Waals surface area contributed by atoms with Crippen molar-refractivity contribution in [3.05, 3.63) is 29.3 Å². The van der Waals surface area contributed by atoms with Crippen molar-refractivity contribution in [2.75, 3.05) is 34.3 Å². The van der Waals surface area contributed by atoms with E-state index in [4.69, 9.17) is 0 Å². The van der Waals surface area contributed by atoms with Crippen LogP contribution in [0.2, 0.25) is 0 Å². The van der Waals surface area contributed by atoms with Gasteiger partial charge in [0.25, 0.3) is 0 Å². The third-order valence-electron chi connectivity index (χ3n) is 4.17. The molecule has 1 aromatic carbocycles. The molecule has 2 rings (SSSR count). The van der Waals surface area contributed by atoms with Gasteiger partial charge in [0.1, 0.15) is 0 Å². The molecule has 0 radical (unpaired) electrons. The van der Waals surface area contributed by atoms with Crippen molar-refractivity contribution in [1.29, 1.82) is 0 Å². The highest BCUT2D eigenvalue weighted by atomic mass is 19.1. The van der Waals surface area contributed by atoms with Crippen molar-refractivity contribution in [2.45, 2.75) is 19.4 Å². The Morgan fingerprint density at radius 1 is 1.32 bits per heavy atom. The molecule has 0 unspecified atom stereocenters. The third kappa shape index (κ3) is 4.58. The molecule has 1 aromatic rings. The van der Waals surface area contributed by atoms with Gasteiger partial charge < -0.3 is 19.9 Å². The average Bonchev–Trinajstić information content (AvgIpc) is 2.58. The Kier molecular flexibility index (Phi) is 6.17. The Morgan fingerprint density at radius 2 is 1.96 bits per heavy atom. The standard InChI is InChI=1S/C17H23F2N3O3/c1-21(2)17(24)22-6-4-5-12(10-22)16(23)20-9-11-7-13(18)15(25-3)14(19)8-11/h7-8,12H,4-6,9-10H2,1-3H3,(H,20,23)/t12-/m0/s1. The van der Waals surface area contributed by atoms with E-state index in [1.807, 2.05) is 0 Å². The normalized spacial score (nSPS) is 17.2. The van der Waals surface area contributed by atoms with Gasteiger partial charge in [-0.25, -0.2) is 13.6 Å². The Balaban J connectivity index is 1.95. The molecule has 1 saturated heterocycles. The Bertz CT molecular complexity index is 629. The fourth-order valence-corrected chi connectivity index (χ4v) is 2.89. The van der Waals surface area contributed by atoms with Gasteiger partial charge in [0.05, 0.1) is 13.0 Å². The number of hydrogen-bond donors (Lipinski definition) is 1. The Labute approximate surface area is 145 Å². The van der Waals surface area contributed by atoms with Crippen LogP contribution in [-0.2, 0) is 11.3 Å². The first-order valence-corrected chi connectivity index (χ1v) is 8.09. The number of carbonyl (C=O) groups excluding carboxylic acids is 2. The van der Waals surface area contributed by atoms with E-state index in [9.17, 15) is 18.4 Å². The zero-order chi connectivity index (χ0) is 18.6. The number of likely N-dealkylation sites (tertiary alicyclic amines) is 1. The monoisotopic (exact) mass is 355 g/mol. The van der Waals surface area contributed by atoms with Crippen LogP contribution in [0.4, 0.5) is 13.6 Å². The van der Waals surface area contributed by atoms with E-state index < -0.39 is 17.4 Å². The minimum absolute atomic E-state index is 0.00872. The minimum atomic E-state index is -0.813. The van der Waals surface area contributed by atoms with Crippen molar-refractivity contribution in [3.63, 3.8) is 0 Å². The first kappa shape index (κ1) is 19.0. The van der Waals surface area contributed by atoms with Crippen molar-refractivity contribution < 1.29 is 23.1 Å². The van der Waals surface area contributed by atoms with Crippen LogP contribution in [0.15, 0.2) is 12.1 Å². The fraction of sp³-hybridized carbons (Fsp3) is 0.529. The van der Waals surface area contributed by atoms with Crippen LogP contribution in [0, 0.1) is 17.6 Å². The third-order valence-corrected chi connectivity index (χ3v) is 4.17. The Morgan fingerprint density at radius 3 is 2.52 bits per heavy atom. The smallest absolute Gasteiger partial charge is 0.319 e. The summed E-state index contributed by atoms with van der Waals surface area (Å²) in [7, 11) is 4.52. The van der Waals surface area contributed by atoms with Crippen LogP contribution in [-0.4, -0.2) is 56.0 Å². The van der Waals surface area contributed by atoms with E-state index in [0.29, 0.717) is 25.1 Å². The largest absolute Gasteiger partial charge is 0.491 e. The lowest BCUT2D eigenvalue weighted by Crippen LogP contribution is -2.48. The number of rotatable bonds is 4. The number of urea groups is 1. The predicted molar refractivity (Wildman–Crippen MR) is 88.1 cm³/mol. The number of ether oxygens (including phenoxy) is 1. The topological polar surface area (TPSA) is 61.9 Å². The molecule has 0 bridgehead atoms. The SMILES string of the molecule is COc1c(F)cc(CNC(=O)[C@H]2CCCN(C(=O)N(C)C)C2)cc1F. The highest BCUT2D eigenvalue weighted by Crippen LogP contribution is 2.23. The van der Waals surface area contributed by atoms with Crippen LogP contribution in [0.5, 0.6) is 5.75 Å². The fourth-order valence-electron chi connectivity index (χ4n) is 2.89. The number of amides is 3. The summed E-state index contributed by atoms with van der Waals surface area (Å²) in [5.41, 5.74) is 0.307. The van der Waals surface area contributed by atoms with E-state index in [0.717, 1.165) is 18.6 Å². The van der Waals surface area contributed by atoms with E-state index in [2.05, 4.69) is 10.1 Å². The first-order valence-electron chi connectivity index (χ1n) is 8.09. The number of carbonyl (C=O) groups is 2. The molecule has 0 saturated carbocycles. The summed E-state index contributed by atoms with van der Waals surface area (Å²) in [6.07, 6.45) is 1.41.